The molecule has 3 heteroatoms. The number of fused-ring (bicyclic) bond motifs is 1. The summed E-state index contributed by atoms with van der Waals surface area (Å²) in [6, 6.07) is 8.30. The largest absolute Gasteiger partial charge is 0.361 e. The molecule has 18 heavy (non-hydrogen) atoms. The van der Waals surface area contributed by atoms with Crippen molar-refractivity contribution in [3.05, 3.63) is 36.0 Å². The molecule has 0 aliphatic carbocycles. The molecule has 1 saturated heterocycles. The van der Waals surface area contributed by atoms with Crippen molar-refractivity contribution in [3.63, 3.8) is 0 Å². The molecule has 0 saturated carbocycles. The number of para-hydroxylation sites is 1. The Hall–Kier alpha value is -1.61. The van der Waals surface area contributed by atoms with Gasteiger partial charge >= 0.3 is 0 Å². The van der Waals surface area contributed by atoms with Crippen LogP contribution in [0, 0.1) is 0 Å². The number of rotatable bonds is 2. The quantitative estimate of drug-likeness (QED) is 0.879. The molecule has 3 nitrogen and oxygen atoms in total. The molecule has 1 aliphatic heterocycles. The van der Waals surface area contributed by atoms with Gasteiger partial charge < -0.3 is 4.98 Å². The van der Waals surface area contributed by atoms with Gasteiger partial charge in [-0.2, -0.15) is 0 Å². The van der Waals surface area contributed by atoms with Crippen LogP contribution < -0.4 is 0 Å². The van der Waals surface area contributed by atoms with Crippen LogP contribution in [-0.2, 0) is 11.3 Å². The van der Waals surface area contributed by atoms with Crippen LogP contribution in [0.25, 0.3) is 10.9 Å². The molecule has 1 aromatic carbocycles. The van der Waals surface area contributed by atoms with Crippen LogP contribution in [0.3, 0.4) is 0 Å². The summed E-state index contributed by atoms with van der Waals surface area (Å²) < 4.78 is 0. The lowest BCUT2D eigenvalue weighted by molar-refractivity contribution is -0.117. The number of nitrogens with zero attached hydrogens (tertiary/aromatic N) is 1. The molecule has 0 atom stereocenters. The molecular weight excluding hydrogens is 224 g/mol. The van der Waals surface area contributed by atoms with Crippen molar-refractivity contribution in [2.45, 2.75) is 32.4 Å². The van der Waals surface area contributed by atoms with E-state index in [1.165, 1.54) is 10.9 Å². The van der Waals surface area contributed by atoms with E-state index in [1.807, 2.05) is 6.07 Å². The molecule has 0 spiro atoms. The van der Waals surface area contributed by atoms with Gasteiger partial charge in [-0.3, -0.25) is 9.69 Å². The van der Waals surface area contributed by atoms with Gasteiger partial charge in [-0.25, -0.2) is 0 Å². The number of hydrogen-bond acceptors (Lipinski definition) is 2. The molecule has 0 radical (unpaired) electrons. The van der Waals surface area contributed by atoms with Gasteiger partial charge in [-0.15, -0.1) is 0 Å². The molecular formula is C15H18N2O. The molecule has 1 aliphatic rings. The van der Waals surface area contributed by atoms with E-state index in [-0.39, 0.29) is 5.54 Å². The van der Waals surface area contributed by atoms with Crippen LogP contribution in [0.2, 0.25) is 0 Å². The minimum absolute atomic E-state index is 0.0184. The summed E-state index contributed by atoms with van der Waals surface area (Å²) in [7, 11) is 0. The van der Waals surface area contributed by atoms with E-state index in [0.717, 1.165) is 12.1 Å². The zero-order valence-corrected chi connectivity index (χ0v) is 10.9. The average Bonchev–Trinajstić information content (AvgIpc) is 2.82. The van der Waals surface area contributed by atoms with Crippen molar-refractivity contribution < 1.29 is 4.79 Å². The Morgan fingerprint density at radius 1 is 1.33 bits per heavy atom. The third kappa shape index (κ3) is 1.85. The summed E-state index contributed by atoms with van der Waals surface area (Å²) in [5, 5.41) is 1.26. The third-order valence-electron chi connectivity index (χ3n) is 3.89. The van der Waals surface area contributed by atoms with Crippen molar-refractivity contribution in [1.29, 1.82) is 0 Å². The molecule has 1 N–H and O–H groups in total. The van der Waals surface area contributed by atoms with Crippen molar-refractivity contribution >= 4 is 16.7 Å². The Balaban J connectivity index is 1.91. The second kappa shape index (κ2) is 3.95. The SMILES string of the molecule is CC1(C)CC(=O)CN1Cc1c[nH]c2ccccc12. The lowest BCUT2D eigenvalue weighted by Crippen LogP contribution is -2.37. The highest BCUT2D eigenvalue weighted by molar-refractivity contribution is 5.85. The van der Waals surface area contributed by atoms with E-state index in [0.29, 0.717) is 18.7 Å². The molecule has 0 unspecified atom stereocenters. The average molecular weight is 242 g/mol. The maximum Gasteiger partial charge on any atom is 0.148 e. The molecule has 3 rings (SSSR count). The monoisotopic (exact) mass is 242 g/mol. The van der Waals surface area contributed by atoms with Crippen molar-refractivity contribution in [1.82, 2.24) is 9.88 Å². The molecule has 1 fully saturated rings. The number of benzene rings is 1. The highest BCUT2D eigenvalue weighted by atomic mass is 16.1. The lowest BCUT2D eigenvalue weighted by Gasteiger charge is -2.30. The van der Waals surface area contributed by atoms with Gasteiger partial charge in [-0.05, 0) is 25.5 Å². The predicted octanol–water partition coefficient (Wildman–Crippen LogP) is 2.72. The van der Waals surface area contributed by atoms with Crippen LogP contribution in [0.15, 0.2) is 30.5 Å². The molecule has 2 heterocycles. The topological polar surface area (TPSA) is 36.1 Å². The van der Waals surface area contributed by atoms with Crippen LogP contribution in [0.4, 0.5) is 0 Å². The Labute approximate surface area is 107 Å². The van der Waals surface area contributed by atoms with E-state index < -0.39 is 0 Å². The second-order valence-corrected chi connectivity index (χ2v) is 5.74. The smallest absolute Gasteiger partial charge is 0.148 e. The van der Waals surface area contributed by atoms with Crippen LogP contribution in [0.1, 0.15) is 25.8 Å². The van der Waals surface area contributed by atoms with E-state index in [1.54, 1.807) is 0 Å². The van der Waals surface area contributed by atoms with Gasteiger partial charge in [0.15, 0.2) is 0 Å². The van der Waals surface area contributed by atoms with Gasteiger partial charge in [0.05, 0.1) is 6.54 Å². The zero-order valence-electron chi connectivity index (χ0n) is 10.9. The summed E-state index contributed by atoms with van der Waals surface area (Å²) in [6.07, 6.45) is 2.72. The molecule has 94 valence electrons. The first-order valence-electron chi connectivity index (χ1n) is 6.38. The number of H-pyrrole nitrogens is 1. The number of carbonyl (C=O) groups is 1. The van der Waals surface area contributed by atoms with E-state index in [2.05, 4.69) is 48.1 Å². The Bertz CT molecular complexity index is 597. The van der Waals surface area contributed by atoms with Gasteiger partial charge in [-0.1, -0.05) is 18.2 Å². The highest BCUT2D eigenvalue weighted by Crippen LogP contribution is 2.29. The second-order valence-electron chi connectivity index (χ2n) is 5.74. The lowest BCUT2D eigenvalue weighted by atomic mass is 10.0. The van der Waals surface area contributed by atoms with Crippen molar-refractivity contribution in [2.75, 3.05) is 6.54 Å². The van der Waals surface area contributed by atoms with Gasteiger partial charge in [0, 0.05) is 35.6 Å². The Morgan fingerprint density at radius 2 is 2.11 bits per heavy atom. The van der Waals surface area contributed by atoms with E-state index in [9.17, 15) is 4.79 Å². The van der Waals surface area contributed by atoms with E-state index >= 15 is 0 Å². The first-order chi connectivity index (χ1) is 8.56. The minimum Gasteiger partial charge on any atom is -0.361 e. The maximum atomic E-state index is 11.6. The first kappa shape index (κ1) is 11.5. The van der Waals surface area contributed by atoms with Gasteiger partial charge in [0.2, 0.25) is 0 Å². The van der Waals surface area contributed by atoms with Crippen molar-refractivity contribution in [2.24, 2.45) is 0 Å². The predicted molar refractivity (Wildman–Crippen MR) is 72.4 cm³/mol. The molecule has 0 amide bonds. The fourth-order valence-corrected chi connectivity index (χ4v) is 2.82. The summed E-state index contributed by atoms with van der Waals surface area (Å²) >= 11 is 0. The van der Waals surface area contributed by atoms with Gasteiger partial charge in [0.1, 0.15) is 5.78 Å². The Morgan fingerprint density at radius 3 is 2.83 bits per heavy atom. The number of aromatic nitrogens is 1. The molecule has 2 aromatic rings. The molecule has 0 bridgehead atoms. The van der Waals surface area contributed by atoms with Crippen LogP contribution >= 0.6 is 0 Å². The number of nitrogens with one attached hydrogen (secondary N) is 1. The highest BCUT2D eigenvalue weighted by Gasteiger charge is 2.37. The summed E-state index contributed by atoms with van der Waals surface area (Å²) in [6.45, 7) is 5.70. The summed E-state index contributed by atoms with van der Waals surface area (Å²) in [5.74, 6) is 0.347. The summed E-state index contributed by atoms with van der Waals surface area (Å²) in [5.41, 5.74) is 2.42. The van der Waals surface area contributed by atoms with E-state index in [4.69, 9.17) is 0 Å². The van der Waals surface area contributed by atoms with Crippen LogP contribution in [0.5, 0.6) is 0 Å². The normalized spacial score (nSPS) is 19.8. The van der Waals surface area contributed by atoms with Crippen molar-refractivity contribution in [3.8, 4) is 0 Å². The number of Topliss-reactive ketones (excluding diaryl/α,β-unsaturated/α-hetero) is 1. The molecule has 1 aromatic heterocycles. The fraction of sp³-hybridized carbons (Fsp3) is 0.400. The van der Waals surface area contributed by atoms with Gasteiger partial charge in [0.25, 0.3) is 0 Å². The fourth-order valence-electron chi connectivity index (χ4n) is 2.82. The number of carbonyl (C=O) groups excluding carboxylic acids is 1. The van der Waals surface area contributed by atoms with Crippen LogP contribution in [-0.4, -0.2) is 27.8 Å². The third-order valence-corrected chi connectivity index (χ3v) is 3.89. The summed E-state index contributed by atoms with van der Waals surface area (Å²) in [4.78, 5) is 17.2. The standard InChI is InChI=1S/C15H18N2O/c1-15(2)7-12(18)10-17(15)9-11-8-16-14-6-4-3-5-13(11)14/h3-6,8,16H,7,9-10H2,1-2H3. The zero-order chi connectivity index (χ0) is 12.8. The number of likely N-dealkylation sites (tertiary alicyclic amines) is 1. The number of aromatic amines is 1. The number of ketones is 1. The Kier molecular flexibility index (Phi) is 2.52. The number of hydrogen-bond donors (Lipinski definition) is 1. The maximum absolute atomic E-state index is 11.6. The first-order valence-corrected chi connectivity index (χ1v) is 6.38. The minimum atomic E-state index is -0.0184.